The van der Waals surface area contributed by atoms with Gasteiger partial charge < -0.3 is 18.6 Å². The third kappa shape index (κ3) is 5.04. The summed E-state index contributed by atoms with van der Waals surface area (Å²) in [5.41, 5.74) is 14.4. The molecule has 0 atom stereocenters. The third-order valence-corrected chi connectivity index (χ3v) is 17.9. The van der Waals surface area contributed by atoms with Crippen molar-refractivity contribution >= 4 is 173 Å². The highest BCUT2D eigenvalue weighted by Crippen LogP contribution is 2.53. The smallest absolute Gasteiger partial charge is 0.0641 e. The predicted octanol–water partition coefficient (Wildman–Crippen LogP) is 19.7. The number of fused-ring (bicyclic) bond motifs is 18. The zero-order valence-corrected chi connectivity index (χ0v) is 40.2. The van der Waals surface area contributed by atoms with Gasteiger partial charge in [0.05, 0.1) is 65.2 Å². The van der Waals surface area contributed by atoms with Gasteiger partial charge in [0.1, 0.15) is 0 Å². The van der Waals surface area contributed by atoms with Crippen molar-refractivity contribution in [3.05, 3.63) is 231 Å². The number of benzene rings is 11. The fourth-order valence-electron chi connectivity index (χ4n) is 12.6. The summed E-state index contributed by atoms with van der Waals surface area (Å²) in [7, 11) is 0. The molecule has 0 fully saturated rings. The molecular formula is C66H38N4S2. The largest absolute Gasteiger partial charge is 0.308 e. The first-order valence-corrected chi connectivity index (χ1v) is 26.2. The lowest BCUT2D eigenvalue weighted by Crippen LogP contribution is -2.10. The first-order valence-electron chi connectivity index (χ1n) is 24.6. The Morgan fingerprint density at radius 3 is 1.11 bits per heavy atom. The molecule has 72 heavy (non-hydrogen) atoms. The predicted molar refractivity (Wildman–Crippen MR) is 311 cm³/mol. The van der Waals surface area contributed by atoms with E-state index in [2.05, 4.69) is 249 Å². The van der Waals surface area contributed by atoms with Crippen LogP contribution in [0.1, 0.15) is 0 Å². The van der Waals surface area contributed by atoms with Gasteiger partial charge in [-0.3, -0.25) is 0 Å². The van der Waals surface area contributed by atoms with Crippen LogP contribution in [0.15, 0.2) is 231 Å². The van der Waals surface area contributed by atoms with Crippen LogP contribution in [0.4, 0.5) is 34.1 Å². The standard InChI is InChI=1S/C66H38N4S2/c1-3-17-39(18-4-1)67(55-29-15-25-45-41-21-9-13-31-59(41)71-65(45)55)53-35-33-43-49-37-58-50(38-57(49)69-51-27-11-7-23-47(51)61(53)63(43)69)44-34-36-54(62-48-24-8-12-28-52(48)70(58)64(44)62)68(40-19-5-2-6-20-40)56-30-16-26-46-42-22-10-14-32-60(42)72-66(46)56/h1-38H. The average molecular weight is 951 g/mol. The summed E-state index contributed by atoms with van der Waals surface area (Å²) in [4.78, 5) is 5.01. The van der Waals surface area contributed by atoms with Gasteiger partial charge in [-0.1, -0.05) is 146 Å². The Labute approximate surface area is 419 Å². The summed E-state index contributed by atoms with van der Waals surface area (Å²) in [5.74, 6) is 0. The van der Waals surface area contributed by atoms with E-state index in [9.17, 15) is 0 Å². The molecule has 6 aromatic heterocycles. The van der Waals surface area contributed by atoms with E-state index in [4.69, 9.17) is 0 Å². The van der Waals surface area contributed by atoms with Gasteiger partial charge in [-0.15, -0.1) is 22.7 Å². The molecule has 0 N–H and O–H groups in total. The fourth-order valence-corrected chi connectivity index (χ4v) is 15.0. The Kier molecular flexibility index (Phi) is 7.73. The SMILES string of the molecule is c1ccc(N(c2cccc3c2sc2ccccc23)c2ccc3c4cc5c(cc4n4c6ccccc6c2c34)c2ccc(N(c3ccccc3)c3cccc4c3sc3ccccc34)c3c4ccccc4n5c23)cc1. The normalized spacial score (nSPS) is 12.4. The van der Waals surface area contributed by atoms with Crippen LogP contribution in [-0.4, -0.2) is 8.80 Å². The maximum atomic E-state index is 2.56. The number of thiophene rings is 2. The van der Waals surface area contributed by atoms with E-state index < -0.39 is 0 Å². The zero-order valence-electron chi connectivity index (χ0n) is 38.5. The molecule has 0 saturated carbocycles. The number of nitrogens with zero attached hydrogens (tertiary/aromatic N) is 4. The zero-order chi connectivity index (χ0) is 46.8. The Balaban J connectivity index is 0.950. The Morgan fingerprint density at radius 2 is 0.653 bits per heavy atom. The highest BCUT2D eigenvalue weighted by Gasteiger charge is 2.29. The van der Waals surface area contributed by atoms with Gasteiger partial charge in [-0.05, 0) is 84.9 Å². The number of aromatic nitrogens is 2. The van der Waals surface area contributed by atoms with Crippen LogP contribution in [0.25, 0.3) is 117 Å². The van der Waals surface area contributed by atoms with Crippen molar-refractivity contribution in [3.63, 3.8) is 0 Å². The minimum Gasteiger partial charge on any atom is -0.308 e. The summed E-state index contributed by atoms with van der Waals surface area (Å²) < 4.78 is 10.3. The van der Waals surface area contributed by atoms with E-state index in [-0.39, 0.29) is 0 Å². The fraction of sp³-hybridized carbons (Fsp3) is 0. The van der Waals surface area contributed by atoms with Crippen LogP contribution in [-0.2, 0) is 0 Å². The lowest BCUT2D eigenvalue weighted by Gasteiger charge is -2.27. The second kappa shape index (κ2) is 14.3. The van der Waals surface area contributed by atoms with Gasteiger partial charge in [0.2, 0.25) is 0 Å². The highest BCUT2D eigenvalue weighted by atomic mass is 32.1. The van der Waals surface area contributed by atoms with Crippen LogP contribution >= 0.6 is 22.7 Å². The number of para-hydroxylation sites is 4. The molecule has 17 aromatic rings. The lowest BCUT2D eigenvalue weighted by atomic mass is 10.0. The van der Waals surface area contributed by atoms with Crippen molar-refractivity contribution < 1.29 is 0 Å². The second-order valence-electron chi connectivity index (χ2n) is 19.1. The van der Waals surface area contributed by atoms with Crippen molar-refractivity contribution in [2.24, 2.45) is 0 Å². The molecule has 334 valence electrons. The van der Waals surface area contributed by atoms with Crippen molar-refractivity contribution in [2.45, 2.75) is 0 Å². The molecule has 4 nitrogen and oxygen atoms in total. The first kappa shape index (κ1) is 38.9. The van der Waals surface area contributed by atoms with Crippen molar-refractivity contribution in [1.29, 1.82) is 0 Å². The van der Waals surface area contributed by atoms with Crippen LogP contribution in [0.5, 0.6) is 0 Å². The highest BCUT2D eigenvalue weighted by molar-refractivity contribution is 7.26. The van der Waals surface area contributed by atoms with E-state index in [1.54, 1.807) is 0 Å². The average Bonchev–Trinajstić information content (AvgIpc) is 4.29. The molecular weight excluding hydrogens is 913 g/mol. The molecule has 0 aliphatic heterocycles. The summed E-state index contributed by atoms with van der Waals surface area (Å²) in [6.45, 7) is 0. The Hall–Kier alpha value is -8.94. The summed E-state index contributed by atoms with van der Waals surface area (Å²) in [5, 5.41) is 15.2. The van der Waals surface area contributed by atoms with Crippen molar-refractivity contribution in [3.8, 4) is 0 Å². The van der Waals surface area contributed by atoms with Crippen molar-refractivity contribution in [2.75, 3.05) is 9.80 Å². The molecule has 0 saturated heterocycles. The van der Waals surface area contributed by atoms with Gasteiger partial charge in [0.15, 0.2) is 0 Å². The summed E-state index contributed by atoms with van der Waals surface area (Å²) >= 11 is 3.76. The van der Waals surface area contributed by atoms with Gasteiger partial charge in [0, 0.05) is 85.4 Å². The van der Waals surface area contributed by atoms with Crippen molar-refractivity contribution in [1.82, 2.24) is 8.80 Å². The first-order chi connectivity index (χ1) is 35.8. The van der Waals surface area contributed by atoms with Crippen LogP contribution in [0.2, 0.25) is 0 Å². The topological polar surface area (TPSA) is 15.3 Å². The number of hydrogen-bond donors (Lipinski definition) is 0. The molecule has 6 heteroatoms. The Bertz CT molecular complexity index is 4740. The molecule has 0 radical (unpaired) electrons. The lowest BCUT2D eigenvalue weighted by molar-refractivity contribution is 1.32. The molecule has 6 heterocycles. The third-order valence-electron chi connectivity index (χ3n) is 15.5. The number of anilines is 6. The van der Waals surface area contributed by atoms with Crippen LogP contribution in [0.3, 0.4) is 0 Å². The van der Waals surface area contributed by atoms with Gasteiger partial charge >= 0.3 is 0 Å². The molecule has 0 aliphatic carbocycles. The number of rotatable bonds is 6. The minimum atomic E-state index is 1.13. The minimum absolute atomic E-state index is 1.13. The molecule has 17 rings (SSSR count). The maximum Gasteiger partial charge on any atom is 0.0641 e. The van der Waals surface area contributed by atoms with Gasteiger partial charge in [-0.25, -0.2) is 0 Å². The van der Waals surface area contributed by atoms with Gasteiger partial charge in [0.25, 0.3) is 0 Å². The molecule has 0 bridgehead atoms. The summed E-state index contributed by atoms with van der Waals surface area (Å²) in [6, 6.07) is 85.7. The van der Waals surface area contributed by atoms with Crippen LogP contribution < -0.4 is 9.80 Å². The number of hydrogen-bond acceptors (Lipinski definition) is 4. The monoisotopic (exact) mass is 950 g/mol. The van der Waals surface area contributed by atoms with Crippen LogP contribution in [0, 0.1) is 0 Å². The quantitative estimate of drug-likeness (QED) is 0.165. The maximum absolute atomic E-state index is 2.56. The molecule has 0 aliphatic rings. The molecule has 11 aromatic carbocycles. The Morgan fingerprint density at radius 1 is 0.264 bits per heavy atom. The van der Waals surface area contributed by atoms with E-state index >= 15 is 0 Å². The van der Waals surface area contributed by atoms with E-state index in [0.717, 1.165) is 11.4 Å². The summed E-state index contributed by atoms with van der Waals surface area (Å²) in [6.07, 6.45) is 0. The van der Waals surface area contributed by atoms with Gasteiger partial charge in [-0.2, -0.15) is 0 Å². The second-order valence-corrected chi connectivity index (χ2v) is 21.3. The molecule has 0 spiro atoms. The molecule has 0 amide bonds. The van der Waals surface area contributed by atoms with E-state index in [1.807, 2.05) is 22.7 Å². The van der Waals surface area contributed by atoms with E-state index in [1.165, 1.54) is 139 Å². The van der Waals surface area contributed by atoms with E-state index in [0.29, 0.717) is 0 Å². The molecule has 0 unspecified atom stereocenters.